The Morgan fingerprint density at radius 2 is 1.86 bits per heavy atom. The number of carbonyl (C=O) groups excluding carboxylic acids is 1. The minimum Gasteiger partial charge on any atom is -0.353 e. The first-order chi connectivity index (χ1) is 6.43. The van der Waals surface area contributed by atoms with E-state index in [0.29, 0.717) is 6.41 Å². The summed E-state index contributed by atoms with van der Waals surface area (Å²) in [4.78, 5) is 9.76. The Bertz CT molecular complexity index is 283. The first-order valence-electron chi connectivity index (χ1n) is 4.02. The number of anilines is 1. The van der Waals surface area contributed by atoms with E-state index in [2.05, 4.69) is 5.32 Å². The van der Waals surface area contributed by atoms with Crippen LogP contribution >= 0.6 is 0 Å². The molecule has 0 aliphatic heterocycles. The number of rotatable bonds is 2. The third kappa shape index (κ3) is 5.36. The predicted molar refractivity (Wildman–Crippen MR) is 53.8 cm³/mol. The average molecular weight is 229 g/mol. The zero-order valence-corrected chi connectivity index (χ0v) is 8.64. The van der Waals surface area contributed by atoms with E-state index < -0.39 is 0 Å². The molecule has 2 aromatic carbocycles. The van der Waals surface area contributed by atoms with Crippen LogP contribution in [0.4, 0.5) is 5.69 Å². The maximum Gasteiger partial charge on any atom is 2.00 e. The molecule has 0 aliphatic carbocycles. The van der Waals surface area contributed by atoms with E-state index in [1.807, 2.05) is 54.6 Å². The summed E-state index contributed by atoms with van der Waals surface area (Å²) >= 11 is 0. The van der Waals surface area contributed by atoms with Crippen LogP contribution in [0.1, 0.15) is 0 Å². The van der Waals surface area contributed by atoms with Gasteiger partial charge in [0.15, 0.2) is 0 Å². The van der Waals surface area contributed by atoms with Crippen LogP contribution in [0.5, 0.6) is 0 Å². The molecule has 0 saturated carbocycles. The Morgan fingerprint density at radius 3 is 2.21 bits per heavy atom. The molecule has 0 unspecified atom stereocenters. The van der Waals surface area contributed by atoms with E-state index in [1.165, 1.54) is 0 Å². The van der Waals surface area contributed by atoms with Crippen molar-refractivity contribution in [1.82, 2.24) is 0 Å². The Hall–Kier alpha value is -1.31. The van der Waals surface area contributed by atoms with Gasteiger partial charge >= 0.3 is 17.1 Å². The van der Waals surface area contributed by atoms with Gasteiger partial charge in [-0.2, -0.15) is 30.3 Å². The summed E-state index contributed by atoms with van der Waals surface area (Å²) < 4.78 is 0. The molecule has 1 N–H and O–H groups in total. The Morgan fingerprint density at radius 1 is 1.14 bits per heavy atom. The zero-order chi connectivity index (χ0) is 9.36. The van der Waals surface area contributed by atoms with Crippen molar-refractivity contribution in [1.29, 1.82) is 0 Å². The third-order valence-electron chi connectivity index (χ3n) is 1.44. The first kappa shape index (κ1) is 12.7. The van der Waals surface area contributed by atoms with E-state index in [4.69, 9.17) is 0 Å². The number of nitrogens with one attached hydrogen (secondary N) is 1. The van der Waals surface area contributed by atoms with Gasteiger partial charge in [0.2, 0.25) is 6.41 Å². The van der Waals surface area contributed by atoms with Crippen LogP contribution in [0, 0.1) is 0 Å². The summed E-state index contributed by atoms with van der Waals surface area (Å²) in [6, 6.07) is 17.4. The molecule has 0 atom stereocenters. The van der Waals surface area contributed by atoms with Crippen molar-refractivity contribution >= 4 is 12.1 Å². The number of carbonyl (C=O) groups is 1. The summed E-state index contributed by atoms with van der Waals surface area (Å²) in [5, 5.41) is 2.51. The van der Waals surface area contributed by atoms with Gasteiger partial charge in [0, 0.05) is 0 Å². The predicted octanol–water partition coefficient (Wildman–Crippen LogP) is 2.38. The van der Waals surface area contributed by atoms with Crippen molar-refractivity contribution in [3.8, 4) is 0 Å². The fourth-order valence-corrected chi connectivity index (χ4v) is 0.859. The summed E-state index contributed by atoms with van der Waals surface area (Å²) in [6.07, 6.45) is 0.662. The van der Waals surface area contributed by atoms with Gasteiger partial charge in [0.25, 0.3) is 0 Å². The van der Waals surface area contributed by atoms with Gasteiger partial charge in [0.1, 0.15) is 0 Å². The van der Waals surface area contributed by atoms with Crippen molar-refractivity contribution in [2.75, 3.05) is 5.32 Å². The van der Waals surface area contributed by atoms with Crippen LogP contribution in [-0.4, -0.2) is 6.41 Å². The third-order valence-corrected chi connectivity index (χ3v) is 1.44. The molecule has 14 heavy (non-hydrogen) atoms. The van der Waals surface area contributed by atoms with E-state index >= 15 is 0 Å². The molecular formula is C11H11FeNO. The quantitative estimate of drug-likeness (QED) is 0.478. The van der Waals surface area contributed by atoms with Crippen LogP contribution < -0.4 is 5.32 Å². The molecule has 0 aromatic heterocycles. The minimum atomic E-state index is 0. The molecule has 2 rings (SSSR count). The minimum absolute atomic E-state index is 0. The molecule has 0 aliphatic rings. The molecule has 0 spiro atoms. The van der Waals surface area contributed by atoms with Crippen molar-refractivity contribution in [3.05, 3.63) is 54.6 Å². The summed E-state index contributed by atoms with van der Waals surface area (Å²) in [5.41, 5.74) is 0.847. The molecule has 74 valence electrons. The van der Waals surface area contributed by atoms with Gasteiger partial charge in [-0.25, -0.2) is 18.2 Å². The summed E-state index contributed by atoms with van der Waals surface area (Å²) in [7, 11) is 0. The molecule has 3 heteroatoms. The smallest absolute Gasteiger partial charge is 0.353 e. The van der Waals surface area contributed by atoms with Crippen LogP contribution in [-0.2, 0) is 21.9 Å². The molecule has 1 amide bonds. The van der Waals surface area contributed by atoms with E-state index in [9.17, 15) is 4.79 Å². The molecule has 0 saturated heterocycles. The van der Waals surface area contributed by atoms with Crippen molar-refractivity contribution in [2.24, 2.45) is 0 Å². The normalized spacial score (nSPS) is 7.71. The first-order valence-corrected chi connectivity index (χ1v) is 4.02. The van der Waals surface area contributed by atoms with Crippen LogP contribution in [0.15, 0.2) is 54.6 Å². The fourth-order valence-electron chi connectivity index (χ4n) is 0.859. The van der Waals surface area contributed by atoms with Gasteiger partial charge in [0.05, 0.1) is 0 Å². The molecule has 0 radical (unpaired) electrons. The number of amides is 1. The Labute approximate surface area is 94.1 Å². The standard InChI is InChI=1S/C6H6NO.C5H5.Fe/c8-5-7-6-3-1-2-4-6;1-2-4-5-3-1;/h1-5H,(H,7,8);1-5H;/q2*-1;+2. The second kappa shape index (κ2) is 8.30. The molecular weight excluding hydrogens is 218 g/mol. The molecule has 0 bridgehead atoms. The average Bonchev–Trinajstić information content (AvgIpc) is 2.79. The Kier molecular flexibility index (Phi) is 7.52. The van der Waals surface area contributed by atoms with Gasteiger partial charge in [-0.05, 0) is 0 Å². The van der Waals surface area contributed by atoms with Crippen molar-refractivity contribution in [3.63, 3.8) is 0 Å². The van der Waals surface area contributed by atoms with Crippen LogP contribution in [0.25, 0.3) is 0 Å². The largest absolute Gasteiger partial charge is 2.00 e. The van der Waals surface area contributed by atoms with Gasteiger partial charge in [-0.1, -0.05) is 5.69 Å². The topological polar surface area (TPSA) is 29.1 Å². The second-order valence-corrected chi connectivity index (χ2v) is 2.40. The maximum absolute atomic E-state index is 9.76. The zero-order valence-electron chi connectivity index (χ0n) is 7.54. The fraction of sp³-hybridized carbons (Fsp3) is 0. The van der Waals surface area contributed by atoms with E-state index in [1.54, 1.807) is 0 Å². The van der Waals surface area contributed by atoms with E-state index in [-0.39, 0.29) is 17.1 Å². The number of hydrogen-bond donors (Lipinski definition) is 1. The molecule has 2 nitrogen and oxygen atoms in total. The van der Waals surface area contributed by atoms with E-state index in [0.717, 1.165) is 5.69 Å². The summed E-state index contributed by atoms with van der Waals surface area (Å²) in [5.74, 6) is 0. The second-order valence-electron chi connectivity index (χ2n) is 2.40. The Balaban J connectivity index is 0.000000246. The molecule has 0 heterocycles. The number of hydrogen-bond acceptors (Lipinski definition) is 1. The van der Waals surface area contributed by atoms with Crippen molar-refractivity contribution in [2.45, 2.75) is 0 Å². The van der Waals surface area contributed by atoms with Gasteiger partial charge in [-0.15, -0.1) is 6.07 Å². The molecule has 0 fully saturated rings. The summed E-state index contributed by atoms with van der Waals surface area (Å²) in [6.45, 7) is 0. The van der Waals surface area contributed by atoms with Crippen molar-refractivity contribution < 1.29 is 21.9 Å². The van der Waals surface area contributed by atoms with Crippen LogP contribution in [0.3, 0.4) is 0 Å². The van der Waals surface area contributed by atoms with Gasteiger partial charge in [-0.3, -0.25) is 4.79 Å². The SMILES string of the molecule is O=CNc1ccc[cH-]1.[Fe+2].c1cc[cH-]c1. The van der Waals surface area contributed by atoms with Gasteiger partial charge < -0.3 is 5.32 Å². The monoisotopic (exact) mass is 229 g/mol. The maximum atomic E-state index is 9.76. The van der Waals surface area contributed by atoms with Crippen LogP contribution in [0.2, 0.25) is 0 Å². The molecule has 2 aromatic rings.